The third-order valence-corrected chi connectivity index (χ3v) is 5.16. The quantitative estimate of drug-likeness (QED) is 0.901. The number of benzene rings is 1. The van der Waals surface area contributed by atoms with Gasteiger partial charge < -0.3 is 10.0 Å². The van der Waals surface area contributed by atoms with Crippen molar-refractivity contribution in [2.24, 2.45) is 0 Å². The third kappa shape index (κ3) is 3.73. The topological polar surface area (TPSA) is 75.4 Å². The van der Waals surface area contributed by atoms with Crippen LogP contribution in [0.1, 0.15) is 16.8 Å². The molecule has 0 aliphatic carbocycles. The van der Waals surface area contributed by atoms with Crippen LogP contribution in [0.2, 0.25) is 5.02 Å². The van der Waals surface area contributed by atoms with Crippen LogP contribution in [0.25, 0.3) is 5.69 Å². The molecule has 126 valence electrons. The van der Waals surface area contributed by atoms with Crippen molar-refractivity contribution in [3.8, 4) is 5.69 Å². The fraction of sp³-hybridized carbons (Fsp3) is 0.312. The van der Waals surface area contributed by atoms with Gasteiger partial charge in [0.15, 0.2) is 0 Å². The van der Waals surface area contributed by atoms with Gasteiger partial charge in [-0.1, -0.05) is 11.6 Å². The van der Waals surface area contributed by atoms with Crippen LogP contribution in [0, 0.1) is 0 Å². The molecule has 0 bridgehead atoms. The van der Waals surface area contributed by atoms with E-state index >= 15 is 0 Å². The lowest BCUT2D eigenvalue weighted by Crippen LogP contribution is -2.47. The number of carboxylic acids is 1. The molecule has 0 spiro atoms. The van der Waals surface area contributed by atoms with E-state index < -0.39 is 5.97 Å². The van der Waals surface area contributed by atoms with E-state index in [1.807, 2.05) is 12.1 Å². The van der Waals surface area contributed by atoms with Crippen molar-refractivity contribution in [3.63, 3.8) is 0 Å². The number of nitrogens with zero attached hydrogens (tertiary/aromatic N) is 3. The number of hydrogen-bond acceptors (Lipinski definition) is 4. The maximum Gasteiger partial charge on any atom is 0.305 e. The minimum atomic E-state index is -0.892. The highest BCUT2D eigenvalue weighted by atomic mass is 35.5. The molecule has 0 saturated carbocycles. The molecule has 1 aliphatic rings. The molecule has 2 heterocycles. The smallest absolute Gasteiger partial charge is 0.305 e. The summed E-state index contributed by atoms with van der Waals surface area (Å²) in [5, 5.41) is 13.9. The summed E-state index contributed by atoms with van der Waals surface area (Å²) < 4.78 is 1.61. The van der Waals surface area contributed by atoms with E-state index in [1.165, 1.54) is 6.20 Å². The number of thioether (sulfide) groups is 1. The average Bonchev–Trinajstić information content (AvgIpc) is 3.05. The van der Waals surface area contributed by atoms with Crippen molar-refractivity contribution in [2.45, 2.75) is 12.5 Å². The van der Waals surface area contributed by atoms with Gasteiger partial charge in [-0.15, -0.1) is 0 Å². The molecule has 6 nitrogen and oxygen atoms in total. The fourth-order valence-corrected chi connectivity index (χ4v) is 3.82. The standard InChI is InChI=1S/C16H16ClN3O3S/c17-12-1-3-13(4-2-12)20-9-11(8-18-20)16(23)19-5-6-24-10-14(19)7-15(21)22/h1-4,8-9,14H,5-7,10H2,(H,21,22). The van der Waals surface area contributed by atoms with E-state index in [9.17, 15) is 9.59 Å². The van der Waals surface area contributed by atoms with Crippen molar-refractivity contribution in [1.29, 1.82) is 0 Å². The van der Waals surface area contributed by atoms with Crippen molar-refractivity contribution >= 4 is 35.2 Å². The number of carbonyl (C=O) groups is 2. The van der Waals surface area contributed by atoms with E-state index in [0.29, 0.717) is 22.9 Å². The lowest BCUT2D eigenvalue weighted by Gasteiger charge is -2.34. The summed E-state index contributed by atoms with van der Waals surface area (Å²) in [4.78, 5) is 25.4. The molecule has 1 aromatic heterocycles. The van der Waals surface area contributed by atoms with Gasteiger partial charge in [-0.25, -0.2) is 4.68 Å². The van der Waals surface area contributed by atoms with Crippen LogP contribution in [-0.2, 0) is 4.79 Å². The van der Waals surface area contributed by atoms with Crippen LogP contribution in [0.3, 0.4) is 0 Å². The third-order valence-electron chi connectivity index (χ3n) is 3.82. The summed E-state index contributed by atoms with van der Waals surface area (Å²) in [6.07, 6.45) is 3.13. The van der Waals surface area contributed by atoms with Crippen LogP contribution >= 0.6 is 23.4 Å². The molecular weight excluding hydrogens is 350 g/mol. The Morgan fingerprint density at radius 1 is 1.33 bits per heavy atom. The predicted octanol–water partition coefficient (Wildman–Crippen LogP) is 2.56. The first kappa shape index (κ1) is 16.9. The highest BCUT2D eigenvalue weighted by Gasteiger charge is 2.30. The van der Waals surface area contributed by atoms with Crippen LogP contribution in [0.15, 0.2) is 36.7 Å². The number of aromatic nitrogens is 2. The summed E-state index contributed by atoms with van der Waals surface area (Å²) in [6.45, 7) is 0.549. The average molecular weight is 366 g/mol. The Labute approximate surface area is 148 Å². The number of hydrogen-bond donors (Lipinski definition) is 1. The van der Waals surface area contributed by atoms with E-state index in [4.69, 9.17) is 16.7 Å². The minimum Gasteiger partial charge on any atom is -0.481 e. The Hall–Kier alpha value is -1.99. The van der Waals surface area contributed by atoms with Gasteiger partial charge in [-0.05, 0) is 24.3 Å². The number of carboxylic acid groups (broad SMARTS) is 1. The SMILES string of the molecule is O=C(O)CC1CSCCN1C(=O)c1cnn(-c2ccc(Cl)cc2)c1. The maximum absolute atomic E-state index is 12.7. The maximum atomic E-state index is 12.7. The summed E-state index contributed by atoms with van der Waals surface area (Å²) in [7, 11) is 0. The normalized spacial score (nSPS) is 17.7. The van der Waals surface area contributed by atoms with Gasteiger partial charge in [0.05, 0.1) is 29.9 Å². The summed E-state index contributed by atoms with van der Waals surface area (Å²) >= 11 is 7.55. The lowest BCUT2D eigenvalue weighted by molar-refractivity contribution is -0.138. The molecule has 1 N–H and O–H groups in total. The molecule has 3 rings (SSSR count). The van der Waals surface area contributed by atoms with Crippen molar-refractivity contribution in [3.05, 3.63) is 47.2 Å². The first-order valence-electron chi connectivity index (χ1n) is 7.45. The molecule has 1 atom stereocenters. The Balaban J connectivity index is 1.79. The monoisotopic (exact) mass is 365 g/mol. The van der Waals surface area contributed by atoms with Gasteiger partial charge in [-0.3, -0.25) is 9.59 Å². The molecule has 1 unspecified atom stereocenters. The molecule has 2 aromatic rings. The van der Waals surface area contributed by atoms with Crippen LogP contribution in [0.4, 0.5) is 0 Å². The number of aliphatic carboxylic acids is 1. The Morgan fingerprint density at radius 2 is 2.08 bits per heavy atom. The minimum absolute atomic E-state index is 0.0376. The summed E-state index contributed by atoms with van der Waals surface area (Å²) in [6, 6.07) is 6.85. The Kier molecular flexibility index (Phi) is 5.11. The molecule has 24 heavy (non-hydrogen) atoms. The van der Waals surface area contributed by atoms with Crippen molar-refractivity contribution in [1.82, 2.24) is 14.7 Å². The largest absolute Gasteiger partial charge is 0.481 e. The molecule has 1 aliphatic heterocycles. The van der Waals surface area contributed by atoms with E-state index in [0.717, 1.165) is 11.4 Å². The summed E-state index contributed by atoms with van der Waals surface area (Å²) in [5.41, 5.74) is 1.25. The molecule has 8 heteroatoms. The first-order valence-corrected chi connectivity index (χ1v) is 8.99. The van der Waals surface area contributed by atoms with Crippen molar-refractivity contribution in [2.75, 3.05) is 18.1 Å². The lowest BCUT2D eigenvalue weighted by atomic mass is 10.1. The second-order valence-corrected chi connectivity index (χ2v) is 7.06. The highest BCUT2D eigenvalue weighted by molar-refractivity contribution is 7.99. The van der Waals surface area contributed by atoms with Gasteiger partial charge in [0, 0.05) is 29.3 Å². The predicted molar refractivity (Wildman–Crippen MR) is 93.0 cm³/mol. The zero-order valence-corrected chi connectivity index (χ0v) is 14.3. The zero-order valence-electron chi connectivity index (χ0n) is 12.8. The summed E-state index contributed by atoms with van der Waals surface area (Å²) in [5.74, 6) is 0.384. The molecular formula is C16H16ClN3O3S. The number of carbonyl (C=O) groups excluding carboxylic acids is 1. The molecule has 1 aromatic carbocycles. The van der Waals surface area contributed by atoms with Crippen LogP contribution in [0.5, 0.6) is 0 Å². The second kappa shape index (κ2) is 7.27. The van der Waals surface area contributed by atoms with Gasteiger partial charge in [0.2, 0.25) is 0 Å². The van der Waals surface area contributed by atoms with E-state index in [-0.39, 0.29) is 18.4 Å². The van der Waals surface area contributed by atoms with Crippen molar-refractivity contribution < 1.29 is 14.7 Å². The van der Waals surface area contributed by atoms with Crippen LogP contribution in [-0.4, -0.2) is 55.8 Å². The number of rotatable bonds is 4. The van der Waals surface area contributed by atoms with Gasteiger partial charge in [0.1, 0.15) is 0 Å². The van der Waals surface area contributed by atoms with Gasteiger partial charge in [-0.2, -0.15) is 16.9 Å². The second-order valence-electron chi connectivity index (χ2n) is 5.48. The van der Waals surface area contributed by atoms with Gasteiger partial charge >= 0.3 is 5.97 Å². The molecule has 1 saturated heterocycles. The molecule has 0 radical (unpaired) electrons. The zero-order chi connectivity index (χ0) is 17.1. The van der Waals surface area contributed by atoms with E-state index in [1.54, 1.807) is 39.7 Å². The first-order chi connectivity index (χ1) is 11.5. The van der Waals surface area contributed by atoms with Crippen LogP contribution < -0.4 is 0 Å². The number of amides is 1. The fourth-order valence-electron chi connectivity index (χ4n) is 2.63. The molecule has 1 fully saturated rings. The Bertz CT molecular complexity index is 747. The van der Waals surface area contributed by atoms with E-state index in [2.05, 4.69) is 5.10 Å². The van der Waals surface area contributed by atoms with Gasteiger partial charge in [0.25, 0.3) is 5.91 Å². The highest BCUT2D eigenvalue weighted by Crippen LogP contribution is 2.22. The number of halogens is 1. The Morgan fingerprint density at radius 3 is 2.79 bits per heavy atom. The molecule has 1 amide bonds.